The Bertz CT molecular complexity index is 1250. The molecule has 126 valence electrons. The van der Waals surface area contributed by atoms with Crippen molar-refractivity contribution in [3.8, 4) is 23.5 Å². The summed E-state index contributed by atoms with van der Waals surface area (Å²) in [5, 5.41) is 1.89. The fraction of sp³-hybridized carbons (Fsp3) is 0.0870. The third kappa shape index (κ3) is 2.49. The fourth-order valence-electron chi connectivity index (χ4n) is 3.49. The summed E-state index contributed by atoms with van der Waals surface area (Å²) in [5.41, 5.74) is 4.48. The van der Waals surface area contributed by atoms with E-state index in [1.165, 1.54) is 0 Å². The number of rotatable bonds is 2. The third-order valence-corrected chi connectivity index (χ3v) is 4.96. The van der Waals surface area contributed by atoms with E-state index in [0.717, 1.165) is 27.7 Å². The molecule has 26 heavy (non-hydrogen) atoms. The first-order chi connectivity index (χ1) is 12.6. The monoisotopic (exact) mass is 357 g/mol. The molecule has 4 rings (SSSR count). The molecule has 0 aliphatic heterocycles. The molecule has 0 spiro atoms. The van der Waals surface area contributed by atoms with Gasteiger partial charge in [0, 0.05) is 16.3 Å². The normalized spacial score (nSPS) is 11.0. The summed E-state index contributed by atoms with van der Waals surface area (Å²) >= 11 is 6.58. The summed E-state index contributed by atoms with van der Waals surface area (Å²) in [5.74, 6) is 2.72. The van der Waals surface area contributed by atoms with Gasteiger partial charge < -0.3 is 4.57 Å². The number of aryl methyl sites for hydroxylation is 1. The smallest absolute Gasteiger partial charge is 0.197 e. The lowest BCUT2D eigenvalue weighted by Crippen LogP contribution is -2.12. The largest absolute Gasteiger partial charge is 0.328 e. The number of benzene rings is 3. The second-order valence-electron chi connectivity index (χ2n) is 6.32. The average Bonchev–Trinajstić information content (AvgIpc) is 2.65. The van der Waals surface area contributed by atoms with Gasteiger partial charge in [0.25, 0.3) is 0 Å². The van der Waals surface area contributed by atoms with Crippen LogP contribution in [0.5, 0.6) is 0 Å². The molecule has 0 fully saturated rings. The van der Waals surface area contributed by atoms with Gasteiger partial charge in [-0.2, -0.15) is 0 Å². The lowest BCUT2D eigenvalue weighted by molar-refractivity contribution is 0.915. The summed E-state index contributed by atoms with van der Waals surface area (Å²) in [6.45, 7) is 2.36. The number of pyridine rings is 1. The molecule has 3 heteroatoms. The number of halogens is 1. The summed E-state index contributed by atoms with van der Waals surface area (Å²) in [7, 11) is 0. The van der Waals surface area contributed by atoms with E-state index in [-0.39, 0.29) is 5.43 Å². The van der Waals surface area contributed by atoms with E-state index in [1.54, 1.807) is 12.1 Å². The Kier molecular flexibility index (Phi) is 4.03. The van der Waals surface area contributed by atoms with Crippen molar-refractivity contribution < 1.29 is 0 Å². The first-order valence-electron chi connectivity index (χ1n) is 8.36. The second kappa shape index (κ2) is 6.37. The zero-order chi connectivity index (χ0) is 18.3. The number of terminal acetylenes is 1. The second-order valence-corrected chi connectivity index (χ2v) is 6.73. The minimum absolute atomic E-state index is 0.00267. The zero-order valence-electron chi connectivity index (χ0n) is 14.3. The Morgan fingerprint density at radius 1 is 1.04 bits per heavy atom. The average molecular weight is 358 g/mol. The highest BCUT2D eigenvalue weighted by atomic mass is 35.5. The quantitative estimate of drug-likeness (QED) is 0.347. The van der Waals surface area contributed by atoms with Crippen LogP contribution < -0.4 is 5.43 Å². The van der Waals surface area contributed by atoms with Crippen molar-refractivity contribution in [3.05, 3.63) is 81.5 Å². The van der Waals surface area contributed by atoms with Crippen LogP contribution >= 0.6 is 11.6 Å². The molecule has 0 radical (unpaired) electrons. The van der Waals surface area contributed by atoms with Crippen molar-refractivity contribution in [2.24, 2.45) is 0 Å². The van der Waals surface area contributed by atoms with Gasteiger partial charge in [0.2, 0.25) is 0 Å². The fourth-order valence-corrected chi connectivity index (χ4v) is 3.75. The highest BCUT2D eigenvalue weighted by molar-refractivity contribution is 6.35. The molecular weight excluding hydrogens is 342 g/mol. The lowest BCUT2D eigenvalue weighted by atomic mass is 9.99. The molecule has 0 N–H and O–H groups in total. The van der Waals surface area contributed by atoms with Crippen LogP contribution in [-0.2, 0) is 6.54 Å². The number of hydrogen-bond acceptors (Lipinski definition) is 1. The molecule has 0 aliphatic carbocycles. The standard InChI is InChI=1S/C23H16ClNO/c1-3-13-25-20-14-15(2)9-10-17(20)23(26)18-11-12-19(24)21(22(18)25)16-7-5-4-6-8-16/h1,4-12,14H,13H2,2H3. The summed E-state index contributed by atoms with van der Waals surface area (Å²) < 4.78 is 2.02. The van der Waals surface area contributed by atoms with Crippen molar-refractivity contribution in [3.63, 3.8) is 0 Å². The zero-order valence-corrected chi connectivity index (χ0v) is 15.0. The topological polar surface area (TPSA) is 22.0 Å². The van der Waals surface area contributed by atoms with Gasteiger partial charge in [0.05, 0.1) is 22.6 Å². The van der Waals surface area contributed by atoms with Gasteiger partial charge >= 0.3 is 0 Å². The van der Waals surface area contributed by atoms with E-state index in [1.807, 2.05) is 60.0 Å². The van der Waals surface area contributed by atoms with Gasteiger partial charge in [-0.15, -0.1) is 6.42 Å². The molecule has 0 atom stereocenters. The Balaban J connectivity index is 2.30. The molecule has 0 amide bonds. The number of fused-ring (bicyclic) bond motifs is 2. The highest BCUT2D eigenvalue weighted by Crippen LogP contribution is 2.35. The molecule has 1 aromatic heterocycles. The molecule has 0 aliphatic rings. The lowest BCUT2D eigenvalue weighted by Gasteiger charge is -2.18. The van der Waals surface area contributed by atoms with Gasteiger partial charge in [-0.05, 0) is 42.3 Å². The van der Waals surface area contributed by atoms with Crippen LogP contribution in [0.3, 0.4) is 0 Å². The molecule has 0 bridgehead atoms. The Morgan fingerprint density at radius 3 is 2.50 bits per heavy atom. The van der Waals surface area contributed by atoms with E-state index in [2.05, 4.69) is 5.92 Å². The van der Waals surface area contributed by atoms with Crippen LogP contribution in [0.25, 0.3) is 32.9 Å². The van der Waals surface area contributed by atoms with E-state index in [9.17, 15) is 4.79 Å². The third-order valence-electron chi connectivity index (χ3n) is 4.64. The van der Waals surface area contributed by atoms with Crippen LogP contribution in [0.1, 0.15) is 5.56 Å². The van der Waals surface area contributed by atoms with E-state index in [0.29, 0.717) is 22.3 Å². The van der Waals surface area contributed by atoms with Gasteiger partial charge in [-0.3, -0.25) is 4.79 Å². The van der Waals surface area contributed by atoms with Crippen molar-refractivity contribution in [1.82, 2.24) is 4.57 Å². The maximum Gasteiger partial charge on any atom is 0.197 e. The van der Waals surface area contributed by atoms with Crippen LogP contribution in [0, 0.1) is 19.3 Å². The maximum absolute atomic E-state index is 13.1. The van der Waals surface area contributed by atoms with Crippen molar-refractivity contribution in [2.45, 2.75) is 13.5 Å². The number of nitrogens with zero attached hydrogens (tertiary/aromatic N) is 1. The van der Waals surface area contributed by atoms with Gasteiger partial charge in [0.15, 0.2) is 5.43 Å². The molecular formula is C23H16ClNO. The molecule has 1 heterocycles. The number of hydrogen-bond donors (Lipinski definition) is 0. The Morgan fingerprint density at radius 2 is 1.77 bits per heavy atom. The van der Waals surface area contributed by atoms with E-state index in [4.69, 9.17) is 18.0 Å². The van der Waals surface area contributed by atoms with Crippen LogP contribution in [-0.4, -0.2) is 4.57 Å². The predicted octanol–water partition coefficient (Wildman–Crippen LogP) is 5.42. The SMILES string of the molecule is C#CCn1c2cc(C)ccc2c(=O)c2ccc(Cl)c(-c3ccccc3)c21. The van der Waals surface area contributed by atoms with Crippen LogP contribution in [0.2, 0.25) is 5.02 Å². The first kappa shape index (κ1) is 16.4. The van der Waals surface area contributed by atoms with Gasteiger partial charge in [-0.25, -0.2) is 0 Å². The summed E-state index contributed by atoms with van der Waals surface area (Å²) in [6.07, 6.45) is 5.66. The predicted molar refractivity (Wildman–Crippen MR) is 110 cm³/mol. The van der Waals surface area contributed by atoms with Gasteiger partial charge in [-0.1, -0.05) is 53.9 Å². The molecule has 2 nitrogen and oxygen atoms in total. The van der Waals surface area contributed by atoms with E-state index >= 15 is 0 Å². The molecule has 3 aromatic carbocycles. The molecule has 0 saturated heterocycles. The van der Waals surface area contributed by atoms with Crippen LogP contribution in [0.4, 0.5) is 0 Å². The number of aromatic nitrogens is 1. The Labute approximate surface area is 156 Å². The van der Waals surface area contributed by atoms with Crippen LogP contribution in [0.15, 0.2) is 65.5 Å². The van der Waals surface area contributed by atoms with E-state index < -0.39 is 0 Å². The maximum atomic E-state index is 13.1. The Hall–Kier alpha value is -3.02. The molecule has 4 aromatic rings. The van der Waals surface area contributed by atoms with Crippen molar-refractivity contribution >= 4 is 33.4 Å². The molecule has 0 saturated carbocycles. The highest BCUT2D eigenvalue weighted by Gasteiger charge is 2.17. The van der Waals surface area contributed by atoms with Crippen molar-refractivity contribution in [2.75, 3.05) is 0 Å². The van der Waals surface area contributed by atoms with Gasteiger partial charge in [0.1, 0.15) is 0 Å². The minimum Gasteiger partial charge on any atom is -0.328 e. The minimum atomic E-state index is -0.00267. The molecule has 0 unspecified atom stereocenters. The summed E-state index contributed by atoms with van der Waals surface area (Å²) in [4.78, 5) is 13.1. The summed E-state index contributed by atoms with van der Waals surface area (Å²) in [6, 6.07) is 19.3. The van der Waals surface area contributed by atoms with Crippen molar-refractivity contribution in [1.29, 1.82) is 0 Å². The first-order valence-corrected chi connectivity index (χ1v) is 8.74.